The summed E-state index contributed by atoms with van der Waals surface area (Å²) in [5, 5.41) is 3.35. The van der Waals surface area contributed by atoms with Crippen LogP contribution in [-0.2, 0) is 4.79 Å². The van der Waals surface area contributed by atoms with E-state index >= 15 is 0 Å². The lowest BCUT2D eigenvalue weighted by atomic mass is 9.93. The molecule has 1 aliphatic heterocycles. The Balaban J connectivity index is 2.12. The van der Waals surface area contributed by atoms with Gasteiger partial charge >= 0.3 is 0 Å². The Hall–Kier alpha value is -0.220. The van der Waals surface area contributed by atoms with Gasteiger partial charge in [0.15, 0.2) is 0 Å². The summed E-state index contributed by atoms with van der Waals surface area (Å²) >= 11 is 1.79. The fourth-order valence-corrected chi connectivity index (χ4v) is 2.50. The van der Waals surface area contributed by atoms with Crippen molar-refractivity contribution in [1.29, 1.82) is 0 Å². The molecule has 0 saturated carbocycles. The molecule has 0 aromatic heterocycles. The molecule has 1 aliphatic rings. The highest BCUT2D eigenvalue weighted by Gasteiger charge is 2.15. The van der Waals surface area contributed by atoms with Crippen LogP contribution in [0.15, 0.2) is 0 Å². The van der Waals surface area contributed by atoms with Gasteiger partial charge in [0.05, 0.1) is 0 Å². The first kappa shape index (κ1) is 13.8. The maximum Gasteiger partial charge on any atom is 0.222 e. The third-order valence-electron chi connectivity index (χ3n) is 3.28. The van der Waals surface area contributed by atoms with Gasteiger partial charge in [-0.25, -0.2) is 0 Å². The fraction of sp³-hybridized carbons (Fsp3) is 0.917. The minimum absolute atomic E-state index is 0.313. The number of hydrogen-bond acceptors (Lipinski definition) is 3. The van der Waals surface area contributed by atoms with Crippen LogP contribution in [0.3, 0.4) is 0 Å². The fourth-order valence-electron chi connectivity index (χ4n) is 2.04. The molecule has 1 rings (SSSR count). The van der Waals surface area contributed by atoms with Crippen LogP contribution >= 0.6 is 11.8 Å². The number of nitrogens with zero attached hydrogens (tertiary/aromatic N) is 1. The molecule has 1 heterocycles. The first-order chi connectivity index (χ1) is 7.74. The van der Waals surface area contributed by atoms with E-state index in [1.807, 2.05) is 11.9 Å². The molecule has 0 atom stereocenters. The second-order valence-electron chi connectivity index (χ2n) is 4.54. The molecule has 1 amide bonds. The molecular formula is C12H24N2OS. The second kappa shape index (κ2) is 7.96. The smallest absolute Gasteiger partial charge is 0.222 e. The van der Waals surface area contributed by atoms with Crippen molar-refractivity contribution < 1.29 is 4.79 Å². The number of hydrogen-bond donors (Lipinski definition) is 1. The van der Waals surface area contributed by atoms with Gasteiger partial charge in [0.25, 0.3) is 0 Å². The molecular weight excluding hydrogens is 220 g/mol. The van der Waals surface area contributed by atoms with Crippen LogP contribution in [0.25, 0.3) is 0 Å². The maximum absolute atomic E-state index is 11.8. The van der Waals surface area contributed by atoms with E-state index in [1.165, 1.54) is 12.8 Å². The highest BCUT2D eigenvalue weighted by Crippen LogP contribution is 2.18. The molecule has 0 spiro atoms. The van der Waals surface area contributed by atoms with Gasteiger partial charge in [-0.3, -0.25) is 4.79 Å². The molecule has 1 N–H and O–H groups in total. The van der Waals surface area contributed by atoms with E-state index in [1.54, 1.807) is 11.8 Å². The van der Waals surface area contributed by atoms with Gasteiger partial charge in [-0.1, -0.05) is 0 Å². The molecule has 1 saturated heterocycles. The first-order valence-electron chi connectivity index (χ1n) is 6.17. The average molecular weight is 244 g/mol. The summed E-state index contributed by atoms with van der Waals surface area (Å²) in [6.07, 6.45) is 6.36. The molecule has 0 radical (unpaired) electrons. The van der Waals surface area contributed by atoms with Crippen molar-refractivity contribution in [2.75, 3.05) is 38.7 Å². The zero-order valence-electron chi connectivity index (χ0n) is 10.5. The van der Waals surface area contributed by atoms with Crippen molar-refractivity contribution in [3.05, 3.63) is 0 Å². The predicted octanol–water partition coefficient (Wildman–Crippen LogP) is 1.59. The Morgan fingerprint density at radius 2 is 2.12 bits per heavy atom. The predicted molar refractivity (Wildman–Crippen MR) is 70.8 cm³/mol. The molecule has 0 aromatic carbocycles. The Kier molecular flexibility index (Phi) is 6.88. The van der Waals surface area contributed by atoms with E-state index in [4.69, 9.17) is 0 Å². The van der Waals surface area contributed by atoms with Gasteiger partial charge in [-0.15, -0.1) is 0 Å². The van der Waals surface area contributed by atoms with Gasteiger partial charge in [-0.05, 0) is 44.5 Å². The largest absolute Gasteiger partial charge is 0.345 e. The number of piperidine rings is 1. The number of nitrogens with one attached hydrogen (secondary N) is 1. The SMILES string of the molecule is CSCCN(C)C(=O)CCC1CCNCC1. The zero-order valence-corrected chi connectivity index (χ0v) is 11.3. The number of carbonyl (C=O) groups excluding carboxylic acids is 1. The van der Waals surface area contributed by atoms with E-state index in [0.29, 0.717) is 5.91 Å². The van der Waals surface area contributed by atoms with E-state index in [-0.39, 0.29) is 0 Å². The second-order valence-corrected chi connectivity index (χ2v) is 5.53. The van der Waals surface area contributed by atoms with Gasteiger partial charge in [-0.2, -0.15) is 11.8 Å². The van der Waals surface area contributed by atoms with E-state index in [9.17, 15) is 4.79 Å². The van der Waals surface area contributed by atoms with Crippen LogP contribution in [0.4, 0.5) is 0 Å². The van der Waals surface area contributed by atoms with Crippen molar-refractivity contribution in [1.82, 2.24) is 10.2 Å². The lowest BCUT2D eigenvalue weighted by molar-refractivity contribution is -0.130. The number of rotatable bonds is 6. The summed E-state index contributed by atoms with van der Waals surface area (Å²) in [6, 6.07) is 0. The van der Waals surface area contributed by atoms with Gasteiger partial charge in [0.2, 0.25) is 5.91 Å². The van der Waals surface area contributed by atoms with Crippen LogP contribution in [0.2, 0.25) is 0 Å². The van der Waals surface area contributed by atoms with Gasteiger partial charge in [0, 0.05) is 25.8 Å². The molecule has 0 bridgehead atoms. The third kappa shape index (κ3) is 5.21. The summed E-state index contributed by atoms with van der Waals surface area (Å²) < 4.78 is 0. The van der Waals surface area contributed by atoms with Gasteiger partial charge in [0.1, 0.15) is 0 Å². The molecule has 0 unspecified atom stereocenters. The molecule has 0 aliphatic carbocycles. The molecule has 94 valence electrons. The molecule has 16 heavy (non-hydrogen) atoms. The highest BCUT2D eigenvalue weighted by molar-refractivity contribution is 7.98. The monoisotopic (exact) mass is 244 g/mol. The molecule has 4 heteroatoms. The maximum atomic E-state index is 11.8. The number of thioether (sulfide) groups is 1. The Labute approximate surface area is 103 Å². The summed E-state index contributed by atoms with van der Waals surface area (Å²) in [5.74, 6) is 2.11. The molecule has 1 fully saturated rings. The lowest BCUT2D eigenvalue weighted by Crippen LogP contribution is -2.31. The first-order valence-corrected chi connectivity index (χ1v) is 7.57. The summed E-state index contributed by atoms with van der Waals surface area (Å²) in [5.41, 5.74) is 0. The van der Waals surface area contributed by atoms with E-state index in [2.05, 4.69) is 11.6 Å². The van der Waals surface area contributed by atoms with Crippen molar-refractivity contribution in [3.63, 3.8) is 0 Å². The van der Waals surface area contributed by atoms with Crippen molar-refractivity contribution in [2.45, 2.75) is 25.7 Å². The number of carbonyl (C=O) groups is 1. The van der Waals surface area contributed by atoms with Crippen LogP contribution in [0.1, 0.15) is 25.7 Å². The van der Waals surface area contributed by atoms with Crippen molar-refractivity contribution >= 4 is 17.7 Å². The average Bonchev–Trinajstić information content (AvgIpc) is 2.34. The minimum atomic E-state index is 0.313. The quantitative estimate of drug-likeness (QED) is 0.770. The lowest BCUT2D eigenvalue weighted by Gasteiger charge is -2.23. The molecule has 0 aromatic rings. The van der Waals surface area contributed by atoms with Gasteiger partial charge < -0.3 is 10.2 Å². The van der Waals surface area contributed by atoms with Crippen molar-refractivity contribution in [3.8, 4) is 0 Å². The van der Waals surface area contributed by atoms with Crippen LogP contribution < -0.4 is 5.32 Å². The standard InChI is InChI=1S/C12H24N2OS/c1-14(9-10-16-2)12(15)4-3-11-5-7-13-8-6-11/h11,13H,3-10H2,1-2H3. The summed E-state index contributed by atoms with van der Waals surface area (Å²) in [7, 11) is 1.92. The third-order valence-corrected chi connectivity index (χ3v) is 3.87. The van der Waals surface area contributed by atoms with E-state index in [0.717, 1.165) is 44.1 Å². The number of amides is 1. The van der Waals surface area contributed by atoms with Crippen LogP contribution in [-0.4, -0.2) is 49.5 Å². The van der Waals surface area contributed by atoms with E-state index < -0.39 is 0 Å². The normalized spacial score (nSPS) is 17.4. The van der Waals surface area contributed by atoms with Crippen LogP contribution in [0, 0.1) is 5.92 Å². The molecule has 3 nitrogen and oxygen atoms in total. The highest BCUT2D eigenvalue weighted by atomic mass is 32.2. The zero-order chi connectivity index (χ0) is 11.8. The van der Waals surface area contributed by atoms with Crippen molar-refractivity contribution in [2.24, 2.45) is 5.92 Å². The minimum Gasteiger partial charge on any atom is -0.345 e. The summed E-state index contributed by atoms with van der Waals surface area (Å²) in [6.45, 7) is 3.13. The Morgan fingerprint density at radius 3 is 2.75 bits per heavy atom. The summed E-state index contributed by atoms with van der Waals surface area (Å²) in [4.78, 5) is 13.7. The van der Waals surface area contributed by atoms with Crippen LogP contribution in [0.5, 0.6) is 0 Å². The Bertz CT molecular complexity index is 205. The topological polar surface area (TPSA) is 32.3 Å². The Morgan fingerprint density at radius 1 is 1.44 bits per heavy atom.